The van der Waals surface area contributed by atoms with E-state index in [9.17, 15) is 9.90 Å². The van der Waals surface area contributed by atoms with Gasteiger partial charge in [-0.3, -0.25) is 9.69 Å². The quantitative estimate of drug-likeness (QED) is 0.911. The number of aryl methyl sites for hydroxylation is 2. The smallest absolute Gasteiger partial charge is 0.222 e. The van der Waals surface area contributed by atoms with Crippen molar-refractivity contribution >= 4 is 5.91 Å². The van der Waals surface area contributed by atoms with Gasteiger partial charge in [0.05, 0.1) is 0 Å². The Bertz CT molecular complexity index is 721. The van der Waals surface area contributed by atoms with Crippen LogP contribution in [-0.4, -0.2) is 47.0 Å². The van der Waals surface area contributed by atoms with Crippen LogP contribution in [0, 0.1) is 6.92 Å². The van der Waals surface area contributed by atoms with Gasteiger partial charge in [0.15, 0.2) is 0 Å². The predicted molar refractivity (Wildman–Crippen MR) is 99.5 cm³/mol. The van der Waals surface area contributed by atoms with Crippen molar-refractivity contribution in [3.05, 3.63) is 65.2 Å². The lowest BCUT2D eigenvalue weighted by Crippen LogP contribution is -2.48. The fourth-order valence-electron chi connectivity index (χ4n) is 3.35. The number of hydrogen-bond acceptors (Lipinski definition) is 3. The summed E-state index contributed by atoms with van der Waals surface area (Å²) < 4.78 is 0. The van der Waals surface area contributed by atoms with E-state index in [0.717, 1.165) is 38.3 Å². The van der Waals surface area contributed by atoms with E-state index in [2.05, 4.69) is 36.1 Å². The molecule has 0 unspecified atom stereocenters. The highest BCUT2D eigenvalue weighted by molar-refractivity contribution is 5.76. The summed E-state index contributed by atoms with van der Waals surface area (Å²) >= 11 is 0. The Kier molecular flexibility index (Phi) is 5.71. The third-order valence-corrected chi connectivity index (χ3v) is 4.81. The number of phenols is 1. The fraction of sp³-hybridized carbons (Fsp3) is 0.381. The first-order chi connectivity index (χ1) is 12.1. The first kappa shape index (κ1) is 17.5. The second kappa shape index (κ2) is 8.17. The van der Waals surface area contributed by atoms with Gasteiger partial charge >= 0.3 is 0 Å². The van der Waals surface area contributed by atoms with Crippen molar-refractivity contribution in [3.8, 4) is 5.75 Å². The lowest BCUT2D eigenvalue weighted by atomic mass is 10.1. The minimum absolute atomic E-state index is 0.179. The zero-order chi connectivity index (χ0) is 17.6. The lowest BCUT2D eigenvalue weighted by molar-refractivity contribution is -0.133. The van der Waals surface area contributed by atoms with E-state index in [1.54, 1.807) is 12.1 Å². The molecule has 0 atom stereocenters. The second-order valence-corrected chi connectivity index (χ2v) is 6.77. The SMILES string of the molecule is Cc1cccc(CN2CCN(C(=O)CCc3ccccc3O)CC2)c1. The Balaban J connectivity index is 1.45. The van der Waals surface area contributed by atoms with Crippen molar-refractivity contribution in [2.24, 2.45) is 0 Å². The van der Waals surface area contributed by atoms with E-state index >= 15 is 0 Å². The molecule has 3 rings (SSSR count). The van der Waals surface area contributed by atoms with Crippen LogP contribution in [0.25, 0.3) is 0 Å². The van der Waals surface area contributed by atoms with Crippen LogP contribution in [0.2, 0.25) is 0 Å². The molecule has 1 N–H and O–H groups in total. The molecule has 0 bridgehead atoms. The zero-order valence-electron chi connectivity index (χ0n) is 14.8. The summed E-state index contributed by atoms with van der Waals surface area (Å²) in [6.45, 7) is 6.45. The second-order valence-electron chi connectivity index (χ2n) is 6.77. The maximum atomic E-state index is 12.4. The topological polar surface area (TPSA) is 43.8 Å². The molecule has 1 amide bonds. The van der Waals surface area contributed by atoms with Crippen molar-refractivity contribution in [1.29, 1.82) is 0 Å². The Morgan fingerprint density at radius 1 is 1.04 bits per heavy atom. The van der Waals surface area contributed by atoms with Crippen LogP contribution >= 0.6 is 0 Å². The monoisotopic (exact) mass is 338 g/mol. The van der Waals surface area contributed by atoms with Crippen molar-refractivity contribution in [1.82, 2.24) is 9.80 Å². The summed E-state index contributed by atoms with van der Waals surface area (Å²) in [5, 5.41) is 9.80. The average molecular weight is 338 g/mol. The Morgan fingerprint density at radius 2 is 1.80 bits per heavy atom. The largest absolute Gasteiger partial charge is 0.508 e. The maximum Gasteiger partial charge on any atom is 0.222 e. The fourth-order valence-corrected chi connectivity index (χ4v) is 3.35. The van der Waals surface area contributed by atoms with Gasteiger partial charge < -0.3 is 10.0 Å². The highest BCUT2D eigenvalue weighted by Gasteiger charge is 2.21. The molecule has 2 aromatic rings. The van der Waals surface area contributed by atoms with Gasteiger partial charge in [-0.25, -0.2) is 0 Å². The van der Waals surface area contributed by atoms with Crippen LogP contribution in [0.5, 0.6) is 5.75 Å². The van der Waals surface area contributed by atoms with Crippen LogP contribution in [0.15, 0.2) is 48.5 Å². The number of para-hydroxylation sites is 1. The lowest BCUT2D eigenvalue weighted by Gasteiger charge is -2.35. The van der Waals surface area contributed by atoms with Crippen molar-refractivity contribution in [3.63, 3.8) is 0 Å². The van der Waals surface area contributed by atoms with Crippen LogP contribution in [-0.2, 0) is 17.8 Å². The van der Waals surface area contributed by atoms with Crippen molar-refractivity contribution in [2.75, 3.05) is 26.2 Å². The molecule has 4 nitrogen and oxygen atoms in total. The van der Waals surface area contributed by atoms with Gasteiger partial charge in [0.25, 0.3) is 0 Å². The Hall–Kier alpha value is -2.33. The van der Waals surface area contributed by atoms with Gasteiger partial charge in [-0.05, 0) is 30.5 Å². The van der Waals surface area contributed by atoms with Gasteiger partial charge in [-0.2, -0.15) is 0 Å². The molecule has 0 aliphatic carbocycles. The molecule has 0 radical (unpaired) electrons. The number of carbonyl (C=O) groups excluding carboxylic acids is 1. The highest BCUT2D eigenvalue weighted by atomic mass is 16.3. The maximum absolute atomic E-state index is 12.4. The molecule has 0 saturated carbocycles. The van der Waals surface area contributed by atoms with E-state index in [1.807, 2.05) is 17.0 Å². The van der Waals surface area contributed by atoms with Gasteiger partial charge in [0.2, 0.25) is 5.91 Å². The minimum atomic E-state index is 0.179. The number of benzene rings is 2. The Labute approximate surface area is 149 Å². The van der Waals surface area contributed by atoms with E-state index in [0.29, 0.717) is 12.8 Å². The molecule has 1 aliphatic rings. The molecule has 2 aromatic carbocycles. The molecule has 1 saturated heterocycles. The van der Waals surface area contributed by atoms with Crippen LogP contribution in [0.4, 0.5) is 0 Å². The zero-order valence-corrected chi connectivity index (χ0v) is 14.8. The molecule has 25 heavy (non-hydrogen) atoms. The summed E-state index contributed by atoms with van der Waals surface area (Å²) in [7, 11) is 0. The molecule has 0 spiro atoms. The molecular formula is C21H26N2O2. The first-order valence-corrected chi connectivity index (χ1v) is 8.94. The molecule has 1 aliphatic heterocycles. The molecule has 0 aromatic heterocycles. The van der Waals surface area contributed by atoms with Gasteiger partial charge in [-0.15, -0.1) is 0 Å². The van der Waals surface area contributed by atoms with Crippen molar-refractivity contribution < 1.29 is 9.90 Å². The number of amides is 1. The van der Waals surface area contributed by atoms with Crippen LogP contribution in [0.1, 0.15) is 23.1 Å². The highest BCUT2D eigenvalue weighted by Crippen LogP contribution is 2.18. The van der Waals surface area contributed by atoms with Gasteiger partial charge in [0, 0.05) is 39.1 Å². The Morgan fingerprint density at radius 3 is 2.52 bits per heavy atom. The predicted octanol–water partition coefficient (Wildman–Crippen LogP) is 2.98. The minimum Gasteiger partial charge on any atom is -0.508 e. The van der Waals surface area contributed by atoms with E-state index in [-0.39, 0.29) is 11.7 Å². The number of phenolic OH excluding ortho intramolecular Hbond substituents is 1. The summed E-state index contributed by atoms with van der Waals surface area (Å²) in [5.74, 6) is 0.455. The van der Waals surface area contributed by atoms with E-state index in [1.165, 1.54) is 11.1 Å². The summed E-state index contributed by atoms with van der Waals surface area (Å²) in [6.07, 6.45) is 1.05. The summed E-state index contributed by atoms with van der Waals surface area (Å²) in [5.41, 5.74) is 3.46. The normalized spacial score (nSPS) is 15.3. The standard InChI is InChI=1S/C21H26N2O2/c1-17-5-4-6-18(15-17)16-22-11-13-23(14-12-22)21(25)10-9-19-7-2-3-8-20(19)24/h2-8,15,24H,9-14,16H2,1H3. The molecule has 1 fully saturated rings. The van der Waals surface area contributed by atoms with Crippen LogP contribution < -0.4 is 0 Å². The molecule has 1 heterocycles. The van der Waals surface area contributed by atoms with Gasteiger partial charge in [0.1, 0.15) is 5.75 Å². The van der Waals surface area contributed by atoms with Crippen molar-refractivity contribution in [2.45, 2.75) is 26.3 Å². The molecule has 132 valence electrons. The number of hydrogen-bond donors (Lipinski definition) is 1. The number of aromatic hydroxyl groups is 1. The molecule has 4 heteroatoms. The summed E-state index contributed by atoms with van der Waals surface area (Å²) in [4.78, 5) is 16.8. The van der Waals surface area contributed by atoms with Gasteiger partial charge in [-0.1, -0.05) is 48.0 Å². The van der Waals surface area contributed by atoms with Crippen LogP contribution in [0.3, 0.4) is 0 Å². The third-order valence-electron chi connectivity index (χ3n) is 4.81. The first-order valence-electron chi connectivity index (χ1n) is 8.94. The average Bonchev–Trinajstić information content (AvgIpc) is 2.61. The third kappa shape index (κ3) is 4.83. The summed E-state index contributed by atoms with van der Waals surface area (Å²) in [6, 6.07) is 15.8. The number of carbonyl (C=O) groups is 1. The number of nitrogens with zero attached hydrogens (tertiary/aromatic N) is 2. The van der Waals surface area contributed by atoms with E-state index in [4.69, 9.17) is 0 Å². The number of rotatable bonds is 5. The molecular weight excluding hydrogens is 312 g/mol. The van der Waals surface area contributed by atoms with E-state index < -0.39 is 0 Å². The number of piperazine rings is 1.